The van der Waals surface area contributed by atoms with Gasteiger partial charge >= 0.3 is 5.97 Å². The van der Waals surface area contributed by atoms with Crippen LogP contribution in [0.3, 0.4) is 0 Å². The summed E-state index contributed by atoms with van der Waals surface area (Å²) >= 11 is 1.39. The number of esters is 1. The minimum Gasteiger partial charge on any atom is -0.485 e. The van der Waals surface area contributed by atoms with Crippen molar-refractivity contribution in [2.24, 2.45) is 0 Å². The number of hydrogen-bond acceptors (Lipinski definition) is 5. The fraction of sp³-hybridized carbons (Fsp3) is 0.400. The SMILES string of the molecule is COC(=O)CCNC(=O)c1ccc(C(C)Oc2cc(C)c(C)c(C)c2)s1. The van der Waals surface area contributed by atoms with Crippen molar-refractivity contribution in [2.45, 2.75) is 40.2 Å². The average Bonchev–Trinajstić information content (AvgIpc) is 3.09. The van der Waals surface area contributed by atoms with E-state index in [0.29, 0.717) is 4.88 Å². The van der Waals surface area contributed by atoms with Gasteiger partial charge in [-0.25, -0.2) is 0 Å². The largest absolute Gasteiger partial charge is 0.485 e. The summed E-state index contributed by atoms with van der Waals surface area (Å²) < 4.78 is 10.6. The van der Waals surface area contributed by atoms with E-state index in [1.54, 1.807) is 6.07 Å². The van der Waals surface area contributed by atoms with E-state index >= 15 is 0 Å². The third kappa shape index (κ3) is 5.08. The van der Waals surface area contributed by atoms with Crippen LogP contribution in [0, 0.1) is 20.8 Å². The van der Waals surface area contributed by atoms with E-state index in [1.807, 2.05) is 25.1 Å². The molecule has 0 radical (unpaired) electrons. The van der Waals surface area contributed by atoms with Gasteiger partial charge in [0.05, 0.1) is 18.4 Å². The average molecular weight is 375 g/mol. The van der Waals surface area contributed by atoms with Crippen LogP contribution in [0.2, 0.25) is 0 Å². The number of amides is 1. The molecular formula is C20H25NO4S. The third-order valence-corrected chi connectivity index (χ3v) is 5.55. The fourth-order valence-corrected chi connectivity index (χ4v) is 3.39. The van der Waals surface area contributed by atoms with E-state index in [2.05, 4.69) is 30.8 Å². The Bertz CT molecular complexity index is 774. The van der Waals surface area contributed by atoms with Crippen molar-refractivity contribution < 1.29 is 19.1 Å². The number of nitrogens with one attached hydrogen (secondary N) is 1. The molecule has 1 heterocycles. The van der Waals surface area contributed by atoms with Crippen LogP contribution in [0.1, 0.15) is 50.7 Å². The number of ether oxygens (including phenoxy) is 2. The van der Waals surface area contributed by atoms with E-state index < -0.39 is 0 Å². The van der Waals surface area contributed by atoms with Gasteiger partial charge in [0.15, 0.2) is 0 Å². The predicted octanol–water partition coefficient (Wildman–Crippen LogP) is 4.11. The highest BCUT2D eigenvalue weighted by molar-refractivity contribution is 7.14. The van der Waals surface area contributed by atoms with Crippen LogP contribution in [-0.2, 0) is 9.53 Å². The zero-order valence-corrected chi connectivity index (χ0v) is 16.7. The second-order valence-electron chi connectivity index (χ2n) is 6.23. The second-order valence-corrected chi connectivity index (χ2v) is 7.34. The fourth-order valence-electron chi connectivity index (χ4n) is 2.49. The second kappa shape index (κ2) is 8.85. The molecule has 0 aliphatic rings. The van der Waals surface area contributed by atoms with E-state index in [0.717, 1.165) is 10.6 Å². The first-order valence-corrected chi connectivity index (χ1v) is 9.32. The summed E-state index contributed by atoms with van der Waals surface area (Å²) in [5, 5.41) is 2.72. The number of carbonyl (C=O) groups excluding carboxylic acids is 2. The van der Waals surface area contributed by atoms with Gasteiger partial charge in [0.25, 0.3) is 5.91 Å². The van der Waals surface area contributed by atoms with Crippen LogP contribution >= 0.6 is 11.3 Å². The number of thiophene rings is 1. The molecular weight excluding hydrogens is 350 g/mol. The maximum atomic E-state index is 12.1. The van der Waals surface area contributed by atoms with Crippen molar-refractivity contribution in [2.75, 3.05) is 13.7 Å². The summed E-state index contributed by atoms with van der Waals surface area (Å²) in [6, 6.07) is 7.75. The van der Waals surface area contributed by atoms with Crippen molar-refractivity contribution in [3.8, 4) is 5.75 Å². The Morgan fingerprint density at radius 1 is 1.15 bits per heavy atom. The molecule has 5 nitrogen and oxygen atoms in total. The van der Waals surface area contributed by atoms with Gasteiger partial charge < -0.3 is 14.8 Å². The van der Waals surface area contributed by atoms with Crippen LogP contribution < -0.4 is 10.1 Å². The summed E-state index contributed by atoms with van der Waals surface area (Å²) in [6.45, 7) is 8.47. The molecule has 0 aliphatic heterocycles. The molecule has 2 aromatic rings. The Kier molecular flexibility index (Phi) is 6.80. The Balaban J connectivity index is 1.98. The number of carbonyl (C=O) groups is 2. The third-order valence-electron chi connectivity index (χ3n) is 4.31. The molecule has 0 saturated heterocycles. The molecule has 0 spiro atoms. The van der Waals surface area contributed by atoms with E-state index in [4.69, 9.17) is 4.74 Å². The van der Waals surface area contributed by atoms with Crippen LogP contribution in [0.25, 0.3) is 0 Å². The first-order chi connectivity index (χ1) is 12.3. The van der Waals surface area contributed by atoms with Crippen LogP contribution in [0.15, 0.2) is 24.3 Å². The molecule has 26 heavy (non-hydrogen) atoms. The summed E-state index contributed by atoms with van der Waals surface area (Å²) in [6.07, 6.45) is 0.00433. The van der Waals surface area contributed by atoms with Crippen LogP contribution in [0.5, 0.6) is 5.75 Å². The molecule has 140 valence electrons. The molecule has 1 amide bonds. The number of aryl methyl sites for hydroxylation is 2. The van der Waals surface area contributed by atoms with Crippen molar-refractivity contribution in [1.29, 1.82) is 0 Å². The highest BCUT2D eigenvalue weighted by Crippen LogP contribution is 2.29. The summed E-state index contributed by atoms with van der Waals surface area (Å²) in [7, 11) is 1.33. The Morgan fingerprint density at radius 3 is 2.42 bits per heavy atom. The Hall–Kier alpha value is -2.34. The minimum absolute atomic E-state index is 0.155. The number of rotatable bonds is 7. The van der Waals surface area contributed by atoms with Gasteiger partial charge in [0.2, 0.25) is 0 Å². The van der Waals surface area contributed by atoms with Crippen LogP contribution in [-0.4, -0.2) is 25.5 Å². The quantitative estimate of drug-likeness (QED) is 0.740. The highest BCUT2D eigenvalue weighted by atomic mass is 32.1. The van der Waals surface area contributed by atoms with E-state index in [9.17, 15) is 9.59 Å². The van der Waals surface area contributed by atoms with Gasteiger partial charge in [-0.2, -0.15) is 0 Å². The van der Waals surface area contributed by atoms with Gasteiger partial charge in [-0.1, -0.05) is 0 Å². The standard InChI is InChI=1S/C20H25NO4S/c1-12-10-16(11-13(2)14(12)3)25-15(4)17-6-7-18(26-17)20(23)21-9-8-19(22)24-5/h6-7,10-11,15H,8-9H2,1-5H3,(H,21,23). The van der Waals surface area contributed by atoms with E-state index in [1.165, 1.54) is 35.1 Å². The number of benzene rings is 1. The molecule has 1 atom stereocenters. The summed E-state index contributed by atoms with van der Waals surface area (Å²) in [4.78, 5) is 24.8. The topological polar surface area (TPSA) is 64.6 Å². The molecule has 2 rings (SSSR count). The van der Waals surface area contributed by atoms with Crippen LogP contribution in [0.4, 0.5) is 0 Å². The van der Waals surface area contributed by atoms with Gasteiger partial charge in [-0.3, -0.25) is 9.59 Å². The maximum Gasteiger partial charge on any atom is 0.307 e. The summed E-state index contributed by atoms with van der Waals surface area (Å²) in [5.41, 5.74) is 3.67. The monoisotopic (exact) mass is 375 g/mol. The zero-order chi connectivity index (χ0) is 19.3. The molecule has 6 heteroatoms. The Morgan fingerprint density at radius 2 is 1.81 bits per heavy atom. The molecule has 0 bridgehead atoms. The van der Waals surface area contributed by atoms with Crippen molar-refractivity contribution >= 4 is 23.2 Å². The van der Waals surface area contributed by atoms with Crippen molar-refractivity contribution in [3.63, 3.8) is 0 Å². The van der Waals surface area contributed by atoms with Crippen molar-refractivity contribution in [1.82, 2.24) is 5.32 Å². The lowest BCUT2D eigenvalue weighted by atomic mass is 10.0. The lowest BCUT2D eigenvalue weighted by Gasteiger charge is -2.15. The van der Waals surface area contributed by atoms with Crippen molar-refractivity contribution in [3.05, 3.63) is 50.7 Å². The smallest absolute Gasteiger partial charge is 0.307 e. The molecule has 0 saturated carbocycles. The van der Waals surface area contributed by atoms with Gasteiger partial charge in [0.1, 0.15) is 11.9 Å². The predicted molar refractivity (Wildman–Crippen MR) is 103 cm³/mol. The molecule has 0 aliphatic carbocycles. The van der Waals surface area contributed by atoms with Gasteiger partial charge in [0, 0.05) is 11.4 Å². The van der Waals surface area contributed by atoms with E-state index in [-0.39, 0.29) is 30.9 Å². The normalized spacial score (nSPS) is 11.7. The highest BCUT2D eigenvalue weighted by Gasteiger charge is 2.15. The first kappa shape index (κ1) is 20.0. The lowest BCUT2D eigenvalue weighted by Crippen LogP contribution is -2.25. The Labute approximate surface area is 158 Å². The molecule has 1 unspecified atom stereocenters. The molecule has 1 aromatic heterocycles. The van der Waals surface area contributed by atoms with Gasteiger partial charge in [-0.05, 0) is 68.7 Å². The molecule has 0 fully saturated rings. The summed E-state index contributed by atoms with van der Waals surface area (Å²) in [5.74, 6) is 0.290. The first-order valence-electron chi connectivity index (χ1n) is 8.51. The zero-order valence-electron chi connectivity index (χ0n) is 15.8. The lowest BCUT2D eigenvalue weighted by molar-refractivity contribution is -0.140. The maximum absolute atomic E-state index is 12.1. The number of methoxy groups -OCH3 is 1. The minimum atomic E-state index is -0.345. The van der Waals surface area contributed by atoms with Gasteiger partial charge in [-0.15, -0.1) is 11.3 Å². The molecule has 1 N–H and O–H groups in total. The number of hydrogen-bond donors (Lipinski definition) is 1. The molecule has 1 aromatic carbocycles.